The fraction of sp³-hybridized carbons (Fsp3) is 0.636. The average molecular weight is 293 g/mol. The summed E-state index contributed by atoms with van der Waals surface area (Å²) in [6.45, 7) is 0.353. The molecule has 1 fully saturated rings. The second-order valence-electron chi connectivity index (χ2n) is 4.50. The summed E-state index contributed by atoms with van der Waals surface area (Å²) in [6, 6.07) is 0. The van der Waals surface area contributed by atoms with E-state index in [1.54, 1.807) is 17.9 Å². The van der Waals surface area contributed by atoms with Crippen molar-refractivity contribution < 1.29 is 27.5 Å². The lowest BCUT2D eigenvalue weighted by Gasteiger charge is -2.31. The highest BCUT2D eigenvalue weighted by Crippen LogP contribution is 2.21. The number of piperidine rings is 1. The Labute approximate surface area is 113 Å². The number of carbonyl (C=O) groups excluding carboxylic acids is 1. The number of aryl methyl sites for hydroxylation is 1. The topological polar surface area (TPSA) is 56.6 Å². The fourth-order valence-corrected chi connectivity index (χ4v) is 1.91. The predicted octanol–water partition coefficient (Wildman–Crippen LogP) is 1.28. The van der Waals surface area contributed by atoms with Gasteiger partial charge in [-0.1, -0.05) is 0 Å². The molecule has 0 N–H and O–H groups in total. The van der Waals surface area contributed by atoms with Gasteiger partial charge in [0.25, 0.3) is 0 Å². The second-order valence-corrected chi connectivity index (χ2v) is 4.50. The maximum absolute atomic E-state index is 12.1. The monoisotopic (exact) mass is 293 g/mol. The molecular formula is C11H14F3N3O3. The summed E-state index contributed by atoms with van der Waals surface area (Å²) in [5.74, 6) is -1.68. The molecule has 0 aliphatic carbocycles. The van der Waals surface area contributed by atoms with E-state index in [9.17, 15) is 18.0 Å². The zero-order valence-corrected chi connectivity index (χ0v) is 10.8. The molecule has 2 rings (SSSR count). The largest absolute Gasteiger partial charge is 0.492 e. The fourth-order valence-electron chi connectivity index (χ4n) is 1.91. The molecule has 0 unspecified atom stereocenters. The van der Waals surface area contributed by atoms with Crippen LogP contribution in [0.3, 0.4) is 0 Å². The summed E-state index contributed by atoms with van der Waals surface area (Å²) in [7, 11) is 1.73. The number of hydrogen-bond acceptors (Lipinski definition) is 5. The highest BCUT2D eigenvalue weighted by atomic mass is 19.4. The van der Waals surface area contributed by atoms with E-state index in [4.69, 9.17) is 4.74 Å². The molecule has 20 heavy (non-hydrogen) atoms. The number of ether oxygens (including phenoxy) is 1. The molecule has 9 heteroatoms. The van der Waals surface area contributed by atoms with Gasteiger partial charge in [0.2, 0.25) is 0 Å². The molecule has 1 atom stereocenters. The number of hydroxylamine groups is 2. The number of halogens is 3. The van der Waals surface area contributed by atoms with Gasteiger partial charge < -0.3 is 9.57 Å². The molecule has 1 aliphatic rings. The number of nitrogens with zero attached hydrogens (tertiary/aromatic N) is 3. The van der Waals surface area contributed by atoms with Crippen molar-refractivity contribution >= 4 is 5.97 Å². The van der Waals surface area contributed by atoms with Gasteiger partial charge in [0.15, 0.2) is 5.75 Å². The van der Waals surface area contributed by atoms with Gasteiger partial charge in [0, 0.05) is 13.6 Å². The maximum atomic E-state index is 12.1. The van der Waals surface area contributed by atoms with E-state index in [0.717, 1.165) is 5.06 Å². The zero-order chi connectivity index (χ0) is 14.8. The lowest BCUT2D eigenvalue weighted by Crippen LogP contribution is -2.44. The first-order chi connectivity index (χ1) is 9.34. The molecule has 0 radical (unpaired) electrons. The SMILES string of the molecule is Cn1cc(O[C@@H]2CCCN(OC(=O)C(F)(F)F)C2)cn1. The lowest BCUT2D eigenvalue weighted by atomic mass is 10.1. The van der Waals surface area contributed by atoms with Crippen molar-refractivity contribution in [3.8, 4) is 5.75 Å². The van der Waals surface area contributed by atoms with Crippen LogP contribution in [0.1, 0.15) is 12.8 Å². The first-order valence-electron chi connectivity index (χ1n) is 6.04. The van der Waals surface area contributed by atoms with Crippen molar-refractivity contribution in [3.63, 3.8) is 0 Å². The van der Waals surface area contributed by atoms with E-state index in [1.807, 2.05) is 0 Å². The summed E-state index contributed by atoms with van der Waals surface area (Å²) in [4.78, 5) is 15.1. The zero-order valence-electron chi connectivity index (χ0n) is 10.8. The van der Waals surface area contributed by atoms with Crippen LogP contribution in [0.2, 0.25) is 0 Å². The Morgan fingerprint density at radius 2 is 2.25 bits per heavy atom. The molecule has 1 aromatic rings. The van der Waals surface area contributed by atoms with Crippen LogP contribution >= 0.6 is 0 Å². The van der Waals surface area contributed by atoms with E-state index in [1.165, 1.54) is 6.20 Å². The van der Waals surface area contributed by atoms with Crippen LogP contribution in [0, 0.1) is 0 Å². The van der Waals surface area contributed by atoms with E-state index < -0.39 is 12.1 Å². The van der Waals surface area contributed by atoms with Crippen LogP contribution in [-0.4, -0.2) is 46.2 Å². The van der Waals surface area contributed by atoms with Crippen LogP contribution in [0.5, 0.6) is 5.75 Å². The quantitative estimate of drug-likeness (QED) is 0.840. The van der Waals surface area contributed by atoms with E-state index in [0.29, 0.717) is 18.6 Å². The maximum Gasteiger partial charge on any atom is 0.492 e. The summed E-state index contributed by atoms with van der Waals surface area (Å²) < 4.78 is 43.5. The van der Waals surface area contributed by atoms with Crippen LogP contribution in [0.25, 0.3) is 0 Å². The molecule has 1 aliphatic heterocycles. The van der Waals surface area contributed by atoms with Crippen LogP contribution in [-0.2, 0) is 16.7 Å². The predicted molar refractivity (Wildman–Crippen MR) is 60.6 cm³/mol. The number of hydrogen-bond donors (Lipinski definition) is 0. The molecule has 6 nitrogen and oxygen atoms in total. The van der Waals surface area contributed by atoms with Crippen molar-refractivity contribution in [2.45, 2.75) is 25.1 Å². The molecule has 1 aromatic heterocycles. The average Bonchev–Trinajstić information content (AvgIpc) is 2.74. The second kappa shape index (κ2) is 5.70. The minimum Gasteiger partial charge on any atom is -0.486 e. The molecule has 112 valence electrons. The Balaban J connectivity index is 1.87. The smallest absolute Gasteiger partial charge is 0.486 e. The van der Waals surface area contributed by atoms with Crippen molar-refractivity contribution in [2.24, 2.45) is 7.05 Å². The van der Waals surface area contributed by atoms with Crippen LogP contribution in [0.4, 0.5) is 13.2 Å². The Kier molecular flexibility index (Phi) is 4.17. The number of rotatable bonds is 3. The summed E-state index contributed by atoms with van der Waals surface area (Å²) in [5, 5.41) is 4.91. The summed E-state index contributed by atoms with van der Waals surface area (Å²) in [6.07, 6.45) is -0.905. The minimum atomic E-state index is -4.99. The Bertz CT molecular complexity index is 475. The van der Waals surface area contributed by atoms with Gasteiger partial charge in [-0.15, -0.1) is 5.06 Å². The third-order valence-electron chi connectivity index (χ3n) is 2.77. The van der Waals surface area contributed by atoms with Gasteiger partial charge in [0.1, 0.15) is 6.10 Å². The Hall–Kier alpha value is -1.77. The van der Waals surface area contributed by atoms with Crippen molar-refractivity contribution in [1.29, 1.82) is 0 Å². The number of carbonyl (C=O) groups is 1. The highest BCUT2D eigenvalue weighted by Gasteiger charge is 2.43. The van der Waals surface area contributed by atoms with Crippen LogP contribution < -0.4 is 4.74 Å². The van der Waals surface area contributed by atoms with Crippen molar-refractivity contribution in [1.82, 2.24) is 14.8 Å². The molecule has 1 saturated heterocycles. The Morgan fingerprint density at radius 3 is 2.85 bits per heavy atom. The first-order valence-corrected chi connectivity index (χ1v) is 6.04. The van der Waals surface area contributed by atoms with Gasteiger partial charge in [0.05, 0.1) is 18.9 Å². The summed E-state index contributed by atoms with van der Waals surface area (Å²) >= 11 is 0. The number of alkyl halides is 3. The molecule has 0 amide bonds. The third kappa shape index (κ3) is 3.86. The lowest BCUT2D eigenvalue weighted by molar-refractivity contribution is -0.244. The van der Waals surface area contributed by atoms with Gasteiger partial charge in [-0.2, -0.15) is 18.3 Å². The third-order valence-corrected chi connectivity index (χ3v) is 2.77. The van der Waals surface area contributed by atoms with E-state index in [2.05, 4.69) is 9.94 Å². The molecular weight excluding hydrogens is 279 g/mol. The van der Waals surface area contributed by atoms with Gasteiger partial charge in [-0.05, 0) is 12.8 Å². The standard InChI is InChI=1S/C11H14F3N3O3/c1-16-6-9(5-15-16)19-8-3-2-4-17(7-8)20-10(18)11(12,13)14/h5-6,8H,2-4,7H2,1H3/t8-/m1/s1. The minimum absolute atomic E-state index is 0.0940. The molecule has 0 saturated carbocycles. The molecule has 0 spiro atoms. The van der Waals surface area contributed by atoms with Gasteiger partial charge in [-0.3, -0.25) is 4.68 Å². The molecule has 0 bridgehead atoms. The number of aromatic nitrogens is 2. The van der Waals surface area contributed by atoms with Gasteiger partial charge >= 0.3 is 12.1 Å². The van der Waals surface area contributed by atoms with E-state index in [-0.39, 0.29) is 19.2 Å². The van der Waals surface area contributed by atoms with E-state index >= 15 is 0 Å². The molecule has 2 heterocycles. The normalized spacial score (nSPS) is 20.7. The van der Waals surface area contributed by atoms with Crippen molar-refractivity contribution in [3.05, 3.63) is 12.4 Å². The van der Waals surface area contributed by atoms with Crippen molar-refractivity contribution in [2.75, 3.05) is 13.1 Å². The Morgan fingerprint density at radius 1 is 1.50 bits per heavy atom. The summed E-state index contributed by atoms with van der Waals surface area (Å²) in [5.41, 5.74) is 0. The first kappa shape index (κ1) is 14.6. The van der Waals surface area contributed by atoms with Crippen LogP contribution in [0.15, 0.2) is 12.4 Å². The highest BCUT2D eigenvalue weighted by molar-refractivity contribution is 5.75. The molecule has 0 aromatic carbocycles. The van der Waals surface area contributed by atoms with Gasteiger partial charge in [-0.25, -0.2) is 4.79 Å².